The number of hydrogen-bond acceptors (Lipinski definition) is 6. The molecule has 80 valence electrons. The van der Waals surface area contributed by atoms with Crippen LogP contribution < -0.4 is 5.73 Å². The summed E-state index contributed by atoms with van der Waals surface area (Å²) in [4.78, 5) is 12.1. The van der Waals surface area contributed by atoms with Gasteiger partial charge in [-0.05, 0) is 0 Å². The van der Waals surface area contributed by atoms with Crippen LogP contribution in [0.3, 0.4) is 0 Å². The molecule has 0 bridgehead atoms. The lowest BCUT2D eigenvalue weighted by Gasteiger charge is -1.99. The summed E-state index contributed by atoms with van der Waals surface area (Å²) in [6.45, 7) is 0. The molecule has 0 spiro atoms. The monoisotopic (exact) mass is 216 g/mol. The van der Waals surface area contributed by atoms with Gasteiger partial charge in [0.05, 0.1) is 11.6 Å². The molecule has 3 rings (SSSR count). The van der Waals surface area contributed by atoms with Gasteiger partial charge < -0.3 is 5.73 Å². The maximum Gasteiger partial charge on any atom is 0.239 e. The smallest absolute Gasteiger partial charge is 0.239 e. The van der Waals surface area contributed by atoms with Gasteiger partial charge in [-0.2, -0.15) is 9.78 Å². The van der Waals surface area contributed by atoms with Crippen molar-refractivity contribution in [2.45, 2.75) is 0 Å². The molecule has 2 N–H and O–H groups in total. The molecule has 0 aliphatic carbocycles. The van der Waals surface area contributed by atoms with E-state index in [1.807, 2.05) is 7.05 Å². The van der Waals surface area contributed by atoms with Crippen molar-refractivity contribution < 1.29 is 0 Å². The first-order valence-electron chi connectivity index (χ1n) is 4.56. The molecule has 8 heteroatoms. The summed E-state index contributed by atoms with van der Waals surface area (Å²) < 4.78 is 3.17. The van der Waals surface area contributed by atoms with Crippen LogP contribution >= 0.6 is 0 Å². The molecule has 16 heavy (non-hydrogen) atoms. The number of nitrogen functional groups attached to an aromatic ring is 1. The summed E-state index contributed by atoms with van der Waals surface area (Å²) in [6.07, 6.45) is 4.64. The van der Waals surface area contributed by atoms with E-state index in [0.29, 0.717) is 5.82 Å². The van der Waals surface area contributed by atoms with Crippen LogP contribution in [0.4, 0.5) is 5.95 Å². The van der Waals surface area contributed by atoms with Gasteiger partial charge in [0.15, 0.2) is 11.5 Å². The first kappa shape index (κ1) is 8.77. The largest absolute Gasteiger partial charge is 0.366 e. The lowest BCUT2D eigenvalue weighted by molar-refractivity contribution is 0.784. The van der Waals surface area contributed by atoms with Crippen molar-refractivity contribution in [2.75, 3.05) is 5.73 Å². The molecule has 0 saturated heterocycles. The van der Waals surface area contributed by atoms with Crippen molar-refractivity contribution in [3.05, 3.63) is 18.9 Å². The van der Waals surface area contributed by atoms with E-state index in [9.17, 15) is 0 Å². The van der Waals surface area contributed by atoms with Crippen molar-refractivity contribution >= 4 is 17.0 Å². The van der Waals surface area contributed by atoms with Gasteiger partial charge in [0.2, 0.25) is 5.95 Å². The van der Waals surface area contributed by atoms with E-state index < -0.39 is 0 Å². The average molecular weight is 216 g/mol. The molecule has 0 atom stereocenters. The third-order valence-electron chi connectivity index (χ3n) is 2.23. The van der Waals surface area contributed by atoms with Crippen molar-refractivity contribution in [2.24, 2.45) is 7.05 Å². The molecule has 0 fully saturated rings. The quantitative estimate of drug-likeness (QED) is 0.590. The van der Waals surface area contributed by atoms with Crippen LogP contribution in [-0.2, 0) is 7.05 Å². The van der Waals surface area contributed by atoms with Gasteiger partial charge in [-0.1, -0.05) is 0 Å². The minimum atomic E-state index is 0.204. The number of rotatable bonds is 1. The summed E-state index contributed by atoms with van der Waals surface area (Å²) >= 11 is 0. The van der Waals surface area contributed by atoms with E-state index in [0.717, 1.165) is 11.0 Å². The molecule has 0 radical (unpaired) electrons. The van der Waals surface area contributed by atoms with Crippen molar-refractivity contribution in [1.29, 1.82) is 0 Å². The molecule has 3 aromatic heterocycles. The number of anilines is 1. The van der Waals surface area contributed by atoms with Crippen LogP contribution in [0.2, 0.25) is 0 Å². The SMILES string of the molecule is Cn1ncc2c(-n3cnc(N)n3)ncnc21. The number of nitrogens with two attached hydrogens (primary N) is 1. The topological polar surface area (TPSA) is 100 Å². The zero-order valence-corrected chi connectivity index (χ0v) is 8.44. The second-order valence-corrected chi connectivity index (χ2v) is 3.25. The Morgan fingerprint density at radius 1 is 1.25 bits per heavy atom. The zero-order valence-electron chi connectivity index (χ0n) is 8.44. The van der Waals surface area contributed by atoms with Crippen LogP contribution in [0, 0.1) is 0 Å². The molecule has 0 aliphatic heterocycles. The van der Waals surface area contributed by atoms with Gasteiger partial charge in [0, 0.05) is 7.05 Å². The van der Waals surface area contributed by atoms with Gasteiger partial charge in [-0.25, -0.2) is 15.0 Å². The van der Waals surface area contributed by atoms with Gasteiger partial charge >= 0.3 is 0 Å². The Bertz CT molecular complexity index is 651. The molecular formula is C8H8N8. The van der Waals surface area contributed by atoms with Crippen molar-refractivity contribution in [1.82, 2.24) is 34.5 Å². The maximum absolute atomic E-state index is 5.46. The number of aromatic nitrogens is 7. The summed E-state index contributed by atoms with van der Waals surface area (Å²) in [7, 11) is 1.81. The highest BCUT2D eigenvalue weighted by Gasteiger charge is 2.10. The number of hydrogen-bond donors (Lipinski definition) is 1. The van der Waals surface area contributed by atoms with Crippen molar-refractivity contribution in [3.8, 4) is 5.82 Å². The third-order valence-corrected chi connectivity index (χ3v) is 2.23. The number of nitrogens with zero attached hydrogens (tertiary/aromatic N) is 7. The van der Waals surface area contributed by atoms with E-state index in [1.165, 1.54) is 17.3 Å². The fourth-order valence-electron chi connectivity index (χ4n) is 1.51. The molecule has 0 saturated carbocycles. The highest BCUT2D eigenvalue weighted by molar-refractivity contribution is 5.81. The predicted octanol–water partition coefficient (Wildman–Crippen LogP) is -0.474. The first-order valence-corrected chi connectivity index (χ1v) is 4.56. The third kappa shape index (κ3) is 1.13. The van der Waals surface area contributed by atoms with Crippen LogP contribution in [0.15, 0.2) is 18.9 Å². The Hall–Kier alpha value is -2.51. The Balaban J connectivity index is 2.31. The lowest BCUT2D eigenvalue weighted by Crippen LogP contribution is -2.01. The molecular weight excluding hydrogens is 208 g/mol. The fraction of sp³-hybridized carbons (Fsp3) is 0.125. The van der Waals surface area contributed by atoms with Gasteiger partial charge in [0.1, 0.15) is 12.7 Å². The van der Waals surface area contributed by atoms with Crippen LogP contribution in [0.1, 0.15) is 0 Å². The van der Waals surface area contributed by atoms with Crippen LogP contribution in [0.5, 0.6) is 0 Å². The van der Waals surface area contributed by atoms with Gasteiger partial charge in [-0.3, -0.25) is 4.68 Å². The highest BCUT2D eigenvalue weighted by Crippen LogP contribution is 2.16. The Morgan fingerprint density at radius 3 is 2.88 bits per heavy atom. The second-order valence-electron chi connectivity index (χ2n) is 3.25. The molecule has 0 unspecified atom stereocenters. The second kappa shape index (κ2) is 2.99. The molecule has 0 aliphatic rings. The van der Waals surface area contributed by atoms with E-state index >= 15 is 0 Å². The maximum atomic E-state index is 5.46. The Kier molecular flexibility index (Phi) is 1.64. The summed E-state index contributed by atoms with van der Waals surface area (Å²) in [5.74, 6) is 0.818. The zero-order chi connectivity index (χ0) is 11.1. The van der Waals surface area contributed by atoms with Crippen LogP contribution in [0.25, 0.3) is 16.9 Å². The molecule has 3 aromatic rings. The van der Waals surface area contributed by atoms with Crippen molar-refractivity contribution in [3.63, 3.8) is 0 Å². The Labute approximate surface area is 89.7 Å². The Morgan fingerprint density at radius 2 is 2.12 bits per heavy atom. The van der Waals surface area contributed by atoms with E-state index in [4.69, 9.17) is 5.73 Å². The highest BCUT2D eigenvalue weighted by atomic mass is 15.4. The van der Waals surface area contributed by atoms with Crippen LogP contribution in [-0.4, -0.2) is 34.5 Å². The summed E-state index contributed by atoms with van der Waals surface area (Å²) in [5.41, 5.74) is 6.19. The molecule has 3 heterocycles. The molecule has 0 amide bonds. The van der Waals surface area contributed by atoms with Gasteiger partial charge in [0.25, 0.3) is 0 Å². The molecule has 0 aromatic carbocycles. The summed E-state index contributed by atoms with van der Waals surface area (Å²) in [6, 6.07) is 0. The fourth-order valence-corrected chi connectivity index (χ4v) is 1.51. The van der Waals surface area contributed by atoms with E-state index in [2.05, 4.69) is 25.1 Å². The van der Waals surface area contributed by atoms with E-state index in [1.54, 1.807) is 10.9 Å². The number of fused-ring (bicyclic) bond motifs is 1. The minimum absolute atomic E-state index is 0.204. The summed E-state index contributed by atoms with van der Waals surface area (Å²) in [5, 5.41) is 8.91. The normalized spacial score (nSPS) is 11.1. The lowest BCUT2D eigenvalue weighted by atomic mass is 10.4. The average Bonchev–Trinajstić information content (AvgIpc) is 2.86. The number of aryl methyl sites for hydroxylation is 1. The standard InChI is InChI=1S/C8H8N8/c1-15-6-5(2-13-15)7(11-3-10-6)16-4-12-8(9)14-16/h2-4H,1H3,(H2,9,14). The molecule has 8 nitrogen and oxygen atoms in total. The van der Waals surface area contributed by atoms with E-state index in [-0.39, 0.29) is 5.95 Å². The minimum Gasteiger partial charge on any atom is -0.366 e. The first-order chi connectivity index (χ1) is 7.75. The van der Waals surface area contributed by atoms with Gasteiger partial charge in [-0.15, -0.1) is 5.10 Å². The predicted molar refractivity (Wildman–Crippen MR) is 55.6 cm³/mol.